The predicted molar refractivity (Wildman–Crippen MR) is 102 cm³/mol. The van der Waals surface area contributed by atoms with Gasteiger partial charge in [0.05, 0.1) is 18.8 Å². The van der Waals surface area contributed by atoms with Crippen molar-refractivity contribution in [2.75, 3.05) is 26.2 Å². The van der Waals surface area contributed by atoms with E-state index in [0.717, 1.165) is 49.7 Å². The lowest BCUT2D eigenvalue weighted by molar-refractivity contribution is -0.0725. The van der Waals surface area contributed by atoms with Crippen molar-refractivity contribution in [1.29, 1.82) is 0 Å². The summed E-state index contributed by atoms with van der Waals surface area (Å²) in [5, 5.41) is 4.26. The van der Waals surface area contributed by atoms with Crippen molar-refractivity contribution in [2.24, 2.45) is 0 Å². The van der Waals surface area contributed by atoms with Gasteiger partial charge in [-0.25, -0.2) is 0 Å². The summed E-state index contributed by atoms with van der Waals surface area (Å²) in [4.78, 5) is 5.12. The molecule has 0 spiro atoms. The predicted octanol–water partition coefficient (Wildman–Crippen LogP) is 3.42. The van der Waals surface area contributed by atoms with E-state index in [-0.39, 0.29) is 0 Å². The van der Waals surface area contributed by atoms with Crippen LogP contribution >= 0.6 is 0 Å². The first-order chi connectivity index (χ1) is 12.7. The van der Waals surface area contributed by atoms with Gasteiger partial charge >= 0.3 is 0 Å². The third-order valence-electron chi connectivity index (χ3n) is 5.45. The van der Waals surface area contributed by atoms with Gasteiger partial charge in [0.15, 0.2) is 5.76 Å². The summed E-state index contributed by atoms with van der Waals surface area (Å²) in [6.45, 7) is 9.53. The summed E-state index contributed by atoms with van der Waals surface area (Å²) < 4.78 is 11.5. The van der Waals surface area contributed by atoms with Crippen LogP contribution in [0.2, 0.25) is 0 Å². The molecule has 0 amide bonds. The Kier molecular flexibility index (Phi) is 5.38. The third kappa shape index (κ3) is 4.17. The summed E-state index contributed by atoms with van der Waals surface area (Å²) in [6.07, 6.45) is 3.19. The molecule has 0 saturated carbocycles. The van der Waals surface area contributed by atoms with E-state index < -0.39 is 0 Å². The van der Waals surface area contributed by atoms with Crippen molar-refractivity contribution in [2.45, 2.75) is 51.5 Å². The first-order valence-electron chi connectivity index (χ1n) is 9.80. The van der Waals surface area contributed by atoms with Crippen LogP contribution in [0, 0.1) is 0 Å². The molecule has 5 nitrogen and oxygen atoms in total. The molecule has 2 aromatic rings. The summed E-state index contributed by atoms with van der Waals surface area (Å²) in [7, 11) is 0. The van der Waals surface area contributed by atoms with Crippen LogP contribution < -0.4 is 0 Å². The fourth-order valence-corrected chi connectivity index (χ4v) is 4.37. The summed E-state index contributed by atoms with van der Waals surface area (Å²) in [5.74, 6) is 0.958. The van der Waals surface area contributed by atoms with Crippen LogP contribution in [0.5, 0.6) is 0 Å². The Labute approximate surface area is 155 Å². The molecule has 0 N–H and O–H groups in total. The number of aromatic nitrogens is 1. The highest BCUT2D eigenvalue weighted by Gasteiger charge is 2.30. The van der Waals surface area contributed by atoms with Gasteiger partial charge in [0, 0.05) is 37.3 Å². The Balaban J connectivity index is 1.37. The number of rotatable bonds is 5. The Hall–Kier alpha value is -1.69. The lowest BCUT2D eigenvalue weighted by Gasteiger charge is -2.38. The molecule has 2 saturated heterocycles. The molecular weight excluding hydrogens is 326 g/mol. The van der Waals surface area contributed by atoms with Crippen LogP contribution in [0.4, 0.5) is 0 Å². The highest BCUT2D eigenvalue weighted by molar-refractivity contribution is 5.58. The molecule has 3 atom stereocenters. The molecule has 4 rings (SSSR count). The van der Waals surface area contributed by atoms with Gasteiger partial charge in [-0.15, -0.1) is 0 Å². The van der Waals surface area contributed by atoms with Crippen molar-refractivity contribution in [3.8, 4) is 11.3 Å². The summed E-state index contributed by atoms with van der Waals surface area (Å²) in [6, 6.07) is 12.9. The molecule has 0 aliphatic carbocycles. The lowest BCUT2D eigenvalue weighted by Crippen LogP contribution is -2.49. The Bertz CT molecular complexity index is 692. The van der Waals surface area contributed by atoms with Crippen LogP contribution in [0.1, 0.15) is 32.4 Å². The van der Waals surface area contributed by atoms with Crippen LogP contribution in [-0.4, -0.2) is 59.4 Å². The fraction of sp³-hybridized carbons (Fsp3) is 0.571. The van der Waals surface area contributed by atoms with Gasteiger partial charge in [-0.1, -0.05) is 35.5 Å². The van der Waals surface area contributed by atoms with Crippen molar-refractivity contribution >= 4 is 0 Å². The highest BCUT2D eigenvalue weighted by atomic mass is 16.5. The van der Waals surface area contributed by atoms with Crippen LogP contribution in [0.3, 0.4) is 0 Å². The minimum atomic E-state index is 0.330. The van der Waals surface area contributed by atoms with Gasteiger partial charge in [0.2, 0.25) is 0 Å². The molecule has 3 unspecified atom stereocenters. The topological polar surface area (TPSA) is 41.7 Å². The van der Waals surface area contributed by atoms with Crippen molar-refractivity contribution in [3.63, 3.8) is 0 Å². The van der Waals surface area contributed by atoms with E-state index in [9.17, 15) is 0 Å². The van der Waals surface area contributed by atoms with E-state index in [0.29, 0.717) is 18.2 Å². The molecular formula is C21H29N3O2. The Morgan fingerprint density at radius 3 is 2.65 bits per heavy atom. The second-order valence-corrected chi connectivity index (χ2v) is 7.79. The van der Waals surface area contributed by atoms with Gasteiger partial charge in [-0.3, -0.25) is 9.80 Å². The van der Waals surface area contributed by atoms with E-state index >= 15 is 0 Å². The number of hydrogen-bond donors (Lipinski definition) is 0. The highest BCUT2D eigenvalue weighted by Crippen LogP contribution is 2.25. The van der Waals surface area contributed by atoms with Gasteiger partial charge < -0.3 is 9.26 Å². The number of hydrogen-bond acceptors (Lipinski definition) is 5. The zero-order valence-electron chi connectivity index (χ0n) is 15.8. The van der Waals surface area contributed by atoms with Crippen molar-refractivity contribution in [1.82, 2.24) is 15.0 Å². The maximum absolute atomic E-state index is 5.87. The second kappa shape index (κ2) is 7.91. The molecule has 140 valence electrons. The number of benzene rings is 1. The number of ether oxygens (including phenoxy) is 1. The summed E-state index contributed by atoms with van der Waals surface area (Å²) >= 11 is 0. The minimum absolute atomic E-state index is 0.330. The van der Waals surface area contributed by atoms with Crippen molar-refractivity contribution < 1.29 is 9.26 Å². The van der Waals surface area contributed by atoms with E-state index in [2.05, 4.69) is 47.0 Å². The fourth-order valence-electron chi connectivity index (χ4n) is 4.37. The van der Waals surface area contributed by atoms with E-state index in [1.807, 2.05) is 18.2 Å². The standard InChI is InChI=1S/C21H29N3O2/c1-16-12-23(13-17(2)25-16)14-19-9-6-10-24(19)15-20-11-21(22-26-20)18-7-4-3-5-8-18/h3-5,7-8,11,16-17,19H,6,9-10,12-15H2,1-2H3. The average molecular weight is 355 g/mol. The van der Waals surface area contributed by atoms with Crippen LogP contribution in [-0.2, 0) is 11.3 Å². The molecule has 2 fully saturated rings. The zero-order valence-corrected chi connectivity index (χ0v) is 15.8. The molecule has 0 bridgehead atoms. The first-order valence-corrected chi connectivity index (χ1v) is 9.80. The molecule has 2 aliphatic rings. The SMILES string of the molecule is CC1CN(CC2CCCN2Cc2cc(-c3ccccc3)no2)CC(C)O1. The van der Waals surface area contributed by atoms with Gasteiger partial charge in [0.1, 0.15) is 5.69 Å². The first kappa shape index (κ1) is 17.7. The minimum Gasteiger partial charge on any atom is -0.373 e. The Morgan fingerprint density at radius 1 is 1.12 bits per heavy atom. The largest absolute Gasteiger partial charge is 0.373 e. The van der Waals surface area contributed by atoms with Crippen molar-refractivity contribution in [3.05, 3.63) is 42.2 Å². The zero-order chi connectivity index (χ0) is 17.9. The molecule has 2 aliphatic heterocycles. The molecule has 0 radical (unpaired) electrons. The van der Waals surface area contributed by atoms with E-state index in [1.54, 1.807) is 0 Å². The van der Waals surface area contributed by atoms with Gasteiger partial charge in [0.25, 0.3) is 0 Å². The normalized spacial score (nSPS) is 27.8. The molecule has 1 aromatic heterocycles. The van der Waals surface area contributed by atoms with E-state index in [1.165, 1.54) is 12.8 Å². The van der Waals surface area contributed by atoms with Crippen LogP contribution in [0.25, 0.3) is 11.3 Å². The maximum atomic E-state index is 5.87. The van der Waals surface area contributed by atoms with E-state index in [4.69, 9.17) is 9.26 Å². The monoisotopic (exact) mass is 355 g/mol. The number of nitrogens with zero attached hydrogens (tertiary/aromatic N) is 3. The molecule has 3 heterocycles. The maximum Gasteiger partial charge on any atom is 0.151 e. The summed E-state index contributed by atoms with van der Waals surface area (Å²) in [5.41, 5.74) is 2.03. The number of likely N-dealkylation sites (tertiary alicyclic amines) is 1. The van der Waals surface area contributed by atoms with Crippen LogP contribution in [0.15, 0.2) is 40.9 Å². The molecule has 26 heavy (non-hydrogen) atoms. The van der Waals surface area contributed by atoms with Gasteiger partial charge in [-0.2, -0.15) is 0 Å². The lowest BCUT2D eigenvalue weighted by atomic mass is 10.1. The third-order valence-corrected chi connectivity index (χ3v) is 5.45. The second-order valence-electron chi connectivity index (χ2n) is 7.79. The average Bonchev–Trinajstić information content (AvgIpc) is 3.25. The molecule has 1 aromatic carbocycles. The Morgan fingerprint density at radius 2 is 1.88 bits per heavy atom. The molecule has 5 heteroatoms. The quantitative estimate of drug-likeness (QED) is 0.822. The number of morpholine rings is 1. The smallest absolute Gasteiger partial charge is 0.151 e. The van der Waals surface area contributed by atoms with Gasteiger partial charge in [-0.05, 0) is 33.2 Å².